The summed E-state index contributed by atoms with van der Waals surface area (Å²) in [7, 11) is 2.11. The summed E-state index contributed by atoms with van der Waals surface area (Å²) >= 11 is 0. The molecule has 3 unspecified atom stereocenters. The second-order valence-electron chi connectivity index (χ2n) is 43.6. The molecule has 642 valence electrons. The van der Waals surface area contributed by atoms with Gasteiger partial charge in [0.25, 0.3) is 0 Å². The van der Waals surface area contributed by atoms with Gasteiger partial charge in [-0.25, -0.2) is 0 Å². The minimum absolute atomic E-state index is 0.101. The predicted octanol–water partition coefficient (Wildman–Crippen LogP) is 17.9. The Hall–Kier alpha value is -4.32. The second kappa shape index (κ2) is 35.3. The van der Waals surface area contributed by atoms with E-state index in [1.807, 2.05) is 96.9 Å². The van der Waals surface area contributed by atoms with E-state index in [9.17, 15) is 15.6 Å². The quantitative estimate of drug-likeness (QED) is 0.0249. The molecule has 6 aliphatic heterocycles. The molecule has 5 N–H and O–H groups in total. The van der Waals surface area contributed by atoms with Gasteiger partial charge in [0.05, 0.1) is 0 Å². The maximum absolute atomic E-state index is 15.8. The van der Waals surface area contributed by atoms with Crippen LogP contribution in [0.3, 0.4) is 0 Å². The van der Waals surface area contributed by atoms with E-state index in [1.165, 1.54) is 15.2 Å². The van der Waals surface area contributed by atoms with Crippen molar-refractivity contribution in [1.29, 1.82) is 0 Å². The molecule has 112 heavy (non-hydrogen) atoms. The number of nitrogens with one attached hydrogen (secondary N) is 2. The number of rotatable bonds is 33. The van der Waals surface area contributed by atoms with Crippen LogP contribution in [0, 0.1) is 16.2 Å². The van der Waals surface area contributed by atoms with E-state index in [4.69, 9.17) is 28.4 Å². The van der Waals surface area contributed by atoms with Gasteiger partial charge in [0.1, 0.15) is 36.6 Å². The number of aryl methyl sites for hydroxylation is 3. The molecule has 0 radical (unpaired) electrons. The number of nitrogens with zero attached hydrogens (tertiary/aromatic N) is 4. The average molecular weight is 1580 g/mol. The van der Waals surface area contributed by atoms with Gasteiger partial charge in [-0.2, -0.15) is 15.2 Å². The van der Waals surface area contributed by atoms with Gasteiger partial charge >= 0.3 is 35.8 Å². The number of hydrogen-bond donors (Lipinski definition) is 5. The summed E-state index contributed by atoms with van der Waals surface area (Å²) in [6.45, 7) is 54.8. The number of hydrogen-bond acceptors (Lipinski definition) is 21. The van der Waals surface area contributed by atoms with Gasteiger partial charge in [0.15, 0.2) is 16.2 Å². The van der Waals surface area contributed by atoms with Crippen molar-refractivity contribution in [3.8, 4) is 0 Å². The van der Waals surface area contributed by atoms with Crippen LogP contribution in [0.15, 0.2) is 18.2 Å². The molecule has 0 aliphatic carbocycles. The smallest absolute Gasteiger partial charge is 0.323 e. The fourth-order valence-corrected chi connectivity index (χ4v) is 21.7. The average Bonchev–Trinajstić information content (AvgIpc) is 0.773. The highest BCUT2D eigenvalue weighted by atomic mass is 16.6. The van der Waals surface area contributed by atoms with Crippen molar-refractivity contribution in [3.63, 3.8) is 0 Å². The molecule has 1 aromatic rings. The number of likely N-dealkylation sites (tertiary alicyclic amines) is 1. The molecule has 6 heterocycles. The molecule has 3 atom stereocenters. The molecule has 6 saturated heterocycles. The zero-order chi connectivity index (χ0) is 84.5. The fourth-order valence-electron chi connectivity index (χ4n) is 21.7. The molecule has 0 aromatic heterocycles. The summed E-state index contributed by atoms with van der Waals surface area (Å²) in [5, 5.41) is 45.7. The number of carbonyl (C=O) groups excluding carboxylic acids is 6. The van der Waals surface area contributed by atoms with Crippen LogP contribution in [0.5, 0.6) is 0 Å². The lowest BCUT2D eigenvalue weighted by Gasteiger charge is -2.53. The Morgan fingerprint density at radius 1 is 0.330 bits per heavy atom. The molecule has 0 bridgehead atoms. The lowest BCUT2D eigenvalue weighted by molar-refractivity contribution is -0.261. The second-order valence-corrected chi connectivity index (χ2v) is 43.6. The van der Waals surface area contributed by atoms with Crippen molar-refractivity contribution in [2.45, 2.75) is 483 Å². The molecular weight excluding hydrogens is 1420 g/mol. The van der Waals surface area contributed by atoms with E-state index in [-0.39, 0.29) is 71.8 Å². The summed E-state index contributed by atoms with van der Waals surface area (Å²) in [5.41, 5.74) is -8.82. The first-order valence-electron chi connectivity index (χ1n) is 43.4. The van der Waals surface area contributed by atoms with Gasteiger partial charge in [-0.15, -0.1) is 0 Å². The topological polar surface area (TPSA) is 256 Å². The first kappa shape index (κ1) is 94.8. The highest BCUT2D eigenvalue weighted by Crippen LogP contribution is 2.49. The van der Waals surface area contributed by atoms with E-state index in [1.54, 1.807) is 0 Å². The third kappa shape index (κ3) is 22.9. The van der Waals surface area contributed by atoms with Crippen LogP contribution >= 0.6 is 0 Å². The Labute approximate surface area is 676 Å². The molecule has 1 aromatic carbocycles. The largest absolute Gasteiger partial charge is 0.461 e. The standard InChI is InChI=1S/C91H158N6O15/c1-29-32-43-89(71(98)107-65-50-77(4,5)92-78(6,7)51-65,73(100)110-68-56-83(16,17)95(104)84(18,19)57-68)46-35-38-62-41-42-63(39-36-47-90(44-33-30-2,74(101)109-67-54-81(12,13)94(28)82(14,15)55-67)75(102)111-69-58-85(20,21)96(105)86(22,23)59-69)64(49-62)40-37-48-91(45-34-31-3,72(99)108-66-52-79(8,9)93-80(10,11)53-66)76(103)112-70-60-87(24,25)97(106)88(26,27)61-70/h41-42,49,65-70,92-93,104-106H,29-40,43-48,50-61H2,1-28H3. The van der Waals surface area contributed by atoms with Crippen LogP contribution in [0.25, 0.3) is 0 Å². The van der Waals surface area contributed by atoms with Crippen LogP contribution in [0.2, 0.25) is 0 Å². The van der Waals surface area contributed by atoms with Crippen LogP contribution in [-0.4, -0.2) is 182 Å². The molecule has 0 saturated carbocycles. The Balaban J connectivity index is 1.33. The number of hydroxylamine groups is 6. The maximum Gasteiger partial charge on any atom is 0.323 e. The number of piperidine rings is 6. The zero-order valence-corrected chi connectivity index (χ0v) is 75.4. The fraction of sp³-hybridized carbons (Fsp3) is 0.868. The number of benzene rings is 1. The lowest BCUT2D eigenvalue weighted by atomic mass is 9.75. The minimum Gasteiger partial charge on any atom is -0.461 e. The van der Waals surface area contributed by atoms with Gasteiger partial charge in [-0.05, 0) is 267 Å². The molecule has 7 rings (SSSR count). The number of esters is 6. The molecule has 21 nitrogen and oxygen atoms in total. The SMILES string of the molecule is CCCCC(CCCc1ccc(CCCC(CCCC)(C(=O)OC2CC(C)(C)N(C)C(C)(C)C2)C(=O)OC2CC(C)(C)N(O)C(C)(C)C2)c(CCCC(CCCC)(C(=O)OC2CC(C)(C)NC(C)(C)C2)C(=O)OC2CC(C)(C)N(O)C(C)(C)C2)c1)(C(=O)OC1CC(C)(C)NC(C)(C)C1)C(=O)OC1CC(C)(C)N(O)C(C)(C)C1. The van der Waals surface area contributed by atoms with Gasteiger partial charge < -0.3 is 54.7 Å². The third-order valence-electron chi connectivity index (χ3n) is 26.7. The van der Waals surface area contributed by atoms with Crippen molar-refractivity contribution in [1.82, 2.24) is 30.7 Å². The first-order valence-corrected chi connectivity index (χ1v) is 43.4. The van der Waals surface area contributed by atoms with Gasteiger partial charge in [-0.1, -0.05) is 77.5 Å². The van der Waals surface area contributed by atoms with E-state index < -0.39 is 122 Å². The van der Waals surface area contributed by atoms with Gasteiger partial charge in [-0.3, -0.25) is 33.7 Å². The van der Waals surface area contributed by atoms with Crippen molar-refractivity contribution in [2.75, 3.05) is 7.05 Å². The van der Waals surface area contributed by atoms with Crippen LogP contribution < -0.4 is 10.6 Å². The Bertz CT molecular complexity index is 3240. The summed E-state index contributed by atoms with van der Waals surface area (Å²) in [6, 6.07) is 6.38. The van der Waals surface area contributed by atoms with Crippen LogP contribution in [-0.2, 0) is 76.5 Å². The number of carbonyl (C=O) groups is 6. The highest BCUT2D eigenvalue weighted by Gasteiger charge is 2.58. The molecular formula is C91H158N6O15. The molecule has 0 amide bonds. The molecule has 0 spiro atoms. The van der Waals surface area contributed by atoms with Crippen molar-refractivity contribution < 1.29 is 72.8 Å². The van der Waals surface area contributed by atoms with E-state index >= 15 is 28.8 Å². The summed E-state index contributed by atoms with van der Waals surface area (Å²) < 4.78 is 40.2. The Kier molecular flexibility index (Phi) is 29.9. The maximum atomic E-state index is 15.8. The van der Waals surface area contributed by atoms with E-state index in [0.717, 1.165) is 16.7 Å². The Morgan fingerprint density at radius 3 is 0.795 bits per heavy atom. The molecule has 6 aliphatic rings. The van der Waals surface area contributed by atoms with E-state index in [0.29, 0.717) is 154 Å². The van der Waals surface area contributed by atoms with Crippen LogP contribution in [0.1, 0.15) is 377 Å². The van der Waals surface area contributed by atoms with Gasteiger partial charge in [0.2, 0.25) is 0 Å². The number of unbranched alkanes of at least 4 members (excludes halogenated alkanes) is 3. The van der Waals surface area contributed by atoms with Crippen molar-refractivity contribution in [2.24, 2.45) is 16.2 Å². The lowest BCUT2D eigenvalue weighted by Crippen LogP contribution is -2.61. The minimum atomic E-state index is -1.71. The van der Waals surface area contributed by atoms with Crippen molar-refractivity contribution in [3.05, 3.63) is 34.9 Å². The summed E-state index contributed by atoms with van der Waals surface area (Å²) in [4.78, 5) is 96.7. The summed E-state index contributed by atoms with van der Waals surface area (Å²) in [5.74, 6) is -3.60. The van der Waals surface area contributed by atoms with E-state index in [2.05, 4.69) is 131 Å². The first-order chi connectivity index (χ1) is 51.2. The Morgan fingerprint density at radius 2 is 0.545 bits per heavy atom. The monoisotopic (exact) mass is 1580 g/mol. The summed E-state index contributed by atoms with van der Waals surface area (Å²) in [6.07, 6.45) is 9.28. The van der Waals surface area contributed by atoms with Crippen LogP contribution in [0.4, 0.5) is 0 Å². The normalized spacial score (nSPS) is 25.6. The zero-order valence-electron chi connectivity index (χ0n) is 75.4. The van der Waals surface area contributed by atoms with Gasteiger partial charge in [0, 0.05) is 144 Å². The molecule has 6 fully saturated rings. The van der Waals surface area contributed by atoms with Crippen molar-refractivity contribution >= 4 is 35.8 Å². The third-order valence-corrected chi connectivity index (χ3v) is 26.7. The predicted molar refractivity (Wildman–Crippen MR) is 440 cm³/mol. The number of ether oxygens (including phenoxy) is 6. The molecule has 21 heteroatoms. The highest BCUT2D eigenvalue weighted by molar-refractivity contribution is 6.01.